The molecule has 3 N–H and O–H groups in total. The standard InChI is InChI=1S/C12H17N3O/c1-9-3-2-4-10-12(9)14-11(16)5-7-15(10)8-6-13/h2-4H,5-8,13H2,1H3,(H,14,16). The van der Waals surface area contributed by atoms with Crippen molar-refractivity contribution in [3.8, 4) is 0 Å². The van der Waals surface area contributed by atoms with Gasteiger partial charge in [0.05, 0.1) is 11.4 Å². The highest BCUT2D eigenvalue weighted by atomic mass is 16.1. The number of aryl methyl sites for hydroxylation is 1. The van der Waals surface area contributed by atoms with Gasteiger partial charge in [-0.1, -0.05) is 12.1 Å². The number of nitrogens with two attached hydrogens (primary N) is 1. The summed E-state index contributed by atoms with van der Waals surface area (Å²) in [4.78, 5) is 13.7. The minimum Gasteiger partial charge on any atom is -0.368 e. The fourth-order valence-electron chi connectivity index (χ4n) is 2.03. The van der Waals surface area contributed by atoms with Crippen molar-refractivity contribution in [2.24, 2.45) is 5.73 Å². The highest BCUT2D eigenvalue weighted by Gasteiger charge is 2.19. The molecule has 0 atom stereocenters. The summed E-state index contributed by atoms with van der Waals surface area (Å²) >= 11 is 0. The molecule has 0 aliphatic carbocycles. The average molecular weight is 219 g/mol. The van der Waals surface area contributed by atoms with Gasteiger partial charge in [0.25, 0.3) is 0 Å². The Morgan fingerprint density at radius 3 is 3.06 bits per heavy atom. The lowest BCUT2D eigenvalue weighted by Crippen LogP contribution is -2.30. The first-order valence-corrected chi connectivity index (χ1v) is 5.57. The maximum absolute atomic E-state index is 11.6. The smallest absolute Gasteiger partial charge is 0.226 e. The van der Waals surface area contributed by atoms with Crippen molar-refractivity contribution >= 4 is 17.3 Å². The van der Waals surface area contributed by atoms with Crippen molar-refractivity contribution in [1.29, 1.82) is 0 Å². The Kier molecular flexibility index (Phi) is 3.10. The molecule has 0 aromatic heterocycles. The first-order valence-electron chi connectivity index (χ1n) is 5.57. The van der Waals surface area contributed by atoms with Crippen molar-refractivity contribution in [3.05, 3.63) is 23.8 Å². The predicted molar refractivity (Wildman–Crippen MR) is 65.7 cm³/mol. The van der Waals surface area contributed by atoms with Gasteiger partial charge < -0.3 is 16.0 Å². The molecule has 2 rings (SSSR count). The molecule has 1 aromatic carbocycles. The van der Waals surface area contributed by atoms with E-state index in [1.54, 1.807) is 0 Å². The molecule has 1 amide bonds. The maximum atomic E-state index is 11.6. The lowest BCUT2D eigenvalue weighted by molar-refractivity contribution is -0.115. The molecule has 0 saturated heterocycles. The largest absolute Gasteiger partial charge is 0.368 e. The molecule has 1 aliphatic rings. The third-order valence-electron chi connectivity index (χ3n) is 2.86. The number of carbonyl (C=O) groups excluding carboxylic acids is 1. The zero-order valence-corrected chi connectivity index (χ0v) is 9.49. The van der Waals surface area contributed by atoms with Crippen molar-refractivity contribution in [2.45, 2.75) is 13.3 Å². The van der Waals surface area contributed by atoms with Crippen LogP contribution in [0.25, 0.3) is 0 Å². The number of amides is 1. The number of nitrogens with zero attached hydrogens (tertiary/aromatic N) is 1. The number of para-hydroxylation sites is 1. The molecule has 0 unspecified atom stereocenters. The molecule has 4 heteroatoms. The second-order valence-corrected chi connectivity index (χ2v) is 4.04. The molecule has 1 aliphatic heterocycles. The summed E-state index contributed by atoms with van der Waals surface area (Å²) in [6.07, 6.45) is 0.522. The molecule has 86 valence electrons. The number of carbonyl (C=O) groups is 1. The second kappa shape index (κ2) is 4.53. The van der Waals surface area contributed by atoms with Crippen LogP contribution in [-0.4, -0.2) is 25.5 Å². The van der Waals surface area contributed by atoms with Gasteiger partial charge in [0.15, 0.2) is 0 Å². The molecule has 0 saturated carbocycles. The van der Waals surface area contributed by atoms with Gasteiger partial charge in [-0.2, -0.15) is 0 Å². The zero-order chi connectivity index (χ0) is 11.5. The monoisotopic (exact) mass is 219 g/mol. The number of hydrogen-bond acceptors (Lipinski definition) is 3. The van der Waals surface area contributed by atoms with E-state index in [-0.39, 0.29) is 5.91 Å². The van der Waals surface area contributed by atoms with Crippen LogP contribution in [0.3, 0.4) is 0 Å². The number of nitrogens with one attached hydrogen (secondary N) is 1. The van der Waals surface area contributed by atoms with E-state index < -0.39 is 0 Å². The Labute approximate surface area is 95.4 Å². The number of rotatable bonds is 2. The molecule has 16 heavy (non-hydrogen) atoms. The molecule has 0 spiro atoms. The Morgan fingerprint density at radius 1 is 1.50 bits per heavy atom. The van der Waals surface area contributed by atoms with E-state index in [1.165, 1.54) is 0 Å². The van der Waals surface area contributed by atoms with Gasteiger partial charge >= 0.3 is 0 Å². The van der Waals surface area contributed by atoms with Crippen molar-refractivity contribution in [2.75, 3.05) is 29.9 Å². The Hall–Kier alpha value is -1.55. The summed E-state index contributed by atoms with van der Waals surface area (Å²) in [5, 5.41) is 2.96. The van der Waals surface area contributed by atoms with Crippen molar-refractivity contribution < 1.29 is 4.79 Å². The normalized spacial score (nSPS) is 15.4. The fraction of sp³-hybridized carbons (Fsp3) is 0.417. The summed E-state index contributed by atoms with van der Waals surface area (Å²) in [6, 6.07) is 6.05. The molecule has 1 aromatic rings. The molecular formula is C12H17N3O. The summed E-state index contributed by atoms with van der Waals surface area (Å²) in [6.45, 7) is 4.12. The molecule has 0 bridgehead atoms. The summed E-state index contributed by atoms with van der Waals surface area (Å²) in [5.74, 6) is 0.0788. The first kappa shape index (κ1) is 11.0. The number of hydrogen-bond donors (Lipinski definition) is 2. The van der Waals surface area contributed by atoms with E-state index >= 15 is 0 Å². The Bertz CT molecular complexity index is 403. The summed E-state index contributed by atoms with van der Waals surface area (Å²) < 4.78 is 0. The van der Waals surface area contributed by atoms with Crippen LogP contribution in [0.2, 0.25) is 0 Å². The van der Waals surface area contributed by atoms with Gasteiger partial charge in [0, 0.05) is 26.1 Å². The molecular weight excluding hydrogens is 202 g/mol. The second-order valence-electron chi connectivity index (χ2n) is 4.04. The van der Waals surface area contributed by atoms with Gasteiger partial charge in [-0.25, -0.2) is 0 Å². The Morgan fingerprint density at radius 2 is 2.31 bits per heavy atom. The average Bonchev–Trinajstić information content (AvgIpc) is 2.41. The fourth-order valence-corrected chi connectivity index (χ4v) is 2.03. The summed E-state index contributed by atoms with van der Waals surface area (Å²) in [5.41, 5.74) is 8.69. The van der Waals surface area contributed by atoms with E-state index in [1.807, 2.05) is 25.1 Å². The van der Waals surface area contributed by atoms with Gasteiger partial charge in [0.1, 0.15) is 0 Å². The van der Waals surface area contributed by atoms with Crippen LogP contribution >= 0.6 is 0 Å². The highest BCUT2D eigenvalue weighted by molar-refractivity contribution is 5.97. The van der Waals surface area contributed by atoms with E-state index in [4.69, 9.17) is 5.73 Å². The third kappa shape index (κ3) is 2.02. The maximum Gasteiger partial charge on any atom is 0.226 e. The van der Waals surface area contributed by atoms with Gasteiger partial charge in [-0.05, 0) is 18.6 Å². The number of benzene rings is 1. The van der Waals surface area contributed by atoms with Crippen molar-refractivity contribution in [3.63, 3.8) is 0 Å². The van der Waals surface area contributed by atoms with Crippen LogP contribution in [0.15, 0.2) is 18.2 Å². The van der Waals surface area contributed by atoms with Crippen molar-refractivity contribution in [1.82, 2.24) is 0 Å². The van der Waals surface area contributed by atoms with Crippen LogP contribution in [0, 0.1) is 6.92 Å². The third-order valence-corrected chi connectivity index (χ3v) is 2.86. The predicted octanol–water partition coefficient (Wildman–Crippen LogP) is 1.10. The SMILES string of the molecule is Cc1cccc2c1NC(=O)CCN2CCN. The topological polar surface area (TPSA) is 58.4 Å². The minimum atomic E-state index is 0.0788. The van der Waals surface area contributed by atoms with Crippen LogP contribution in [-0.2, 0) is 4.79 Å². The van der Waals surface area contributed by atoms with Crippen LogP contribution < -0.4 is 16.0 Å². The van der Waals surface area contributed by atoms with E-state index in [9.17, 15) is 4.79 Å². The lowest BCUT2D eigenvalue weighted by atomic mass is 10.1. The zero-order valence-electron chi connectivity index (χ0n) is 9.49. The van der Waals surface area contributed by atoms with Crippen LogP contribution in [0.5, 0.6) is 0 Å². The summed E-state index contributed by atoms with van der Waals surface area (Å²) in [7, 11) is 0. The van der Waals surface area contributed by atoms with E-state index in [0.717, 1.165) is 30.0 Å². The van der Waals surface area contributed by atoms with Crippen LogP contribution in [0.4, 0.5) is 11.4 Å². The molecule has 0 fully saturated rings. The highest BCUT2D eigenvalue weighted by Crippen LogP contribution is 2.31. The number of fused-ring (bicyclic) bond motifs is 1. The van der Waals surface area contributed by atoms with Gasteiger partial charge in [0.2, 0.25) is 5.91 Å². The molecule has 1 heterocycles. The lowest BCUT2D eigenvalue weighted by Gasteiger charge is -2.23. The quantitative estimate of drug-likeness (QED) is 0.783. The number of anilines is 2. The minimum absolute atomic E-state index is 0.0788. The Balaban J connectivity index is 2.42. The molecule has 0 radical (unpaired) electrons. The first-order chi connectivity index (χ1) is 7.72. The van der Waals surface area contributed by atoms with Crippen LogP contribution in [0.1, 0.15) is 12.0 Å². The van der Waals surface area contributed by atoms with Gasteiger partial charge in [-0.3, -0.25) is 4.79 Å². The molecule has 4 nitrogen and oxygen atoms in total. The van der Waals surface area contributed by atoms with E-state index in [2.05, 4.69) is 10.2 Å². The van der Waals surface area contributed by atoms with E-state index in [0.29, 0.717) is 13.0 Å². The van der Waals surface area contributed by atoms with Gasteiger partial charge in [-0.15, -0.1) is 0 Å².